The third kappa shape index (κ3) is 3.99. The molecule has 1 N–H and O–H groups in total. The second kappa shape index (κ2) is 6.97. The van der Waals surface area contributed by atoms with Crippen LogP contribution in [0.4, 0.5) is 0 Å². The lowest BCUT2D eigenvalue weighted by atomic mass is 9.90. The van der Waals surface area contributed by atoms with Gasteiger partial charge in [-0.05, 0) is 29.0 Å². The van der Waals surface area contributed by atoms with E-state index in [4.69, 9.17) is 0 Å². The van der Waals surface area contributed by atoms with E-state index in [9.17, 15) is 9.90 Å². The quantitative estimate of drug-likeness (QED) is 0.931. The van der Waals surface area contributed by atoms with Crippen LogP contribution in [0.25, 0.3) is 11.1 Å². The number of carboxylic acids is 1. The first-order valence-corrected chi connectivity index (χ1v) is 8.21. The third-order valence-corrected chi connectivity index (χ3v) is 4.55. The van der Waals surface area contributed by atoms with Crippen LogP contribution in [-0.2, 0) is 11.3 Å². The molecule has 2 atom stereocenters. The molecule has 0 saturated carbocycles. The van der Waals surface area contributed by atoms with Gasteiger partial charge in [0.2, 0.25) is 0 Å². The Morgan fingerprint density at radius 3 is 2.35 bits per heavy atom. The van der Waals surface area contributed by atoms with Crippen LogP contribution < -0.4 is 0 Å². The first kappa shape index (κ1) is 15.8. The Morgan fingerprint density at radius 2 is 1.70 bits per heavy atom. The minimum atomic E-state index is -0.666. The van der Waals surface area contributed by atoms with E-state index in [1.54, 1.807) is 0 Å². The normalized spacial score (nSPS) is 22.0. The predicted molar refractivity (Wildman–Crippen MR) is 92.1 cm³/mol. The zero-order valence-corrected chi connectivity index (χ0v) is 13.5. The maximum absolute atomic E-state index is 11.3. The van der Waals surface area contributed by atoms with Crippen LogP contribution in [-0.4, -0.2) is 29.1 Å². The molecule has 120 valence electrons. The standard InChI is InChI=1S/C20H23NO2/c1-15-11-19(20(22)23)14-21(12-15)13-16-7-9-18(10-8-16)17-5-3-2-4-6-17/h2-10,15,19H,11-14H2,1H3,(H,22,23). The summed E-state index contributed by atoms with van der Waals surface area (Å²) < 4.78 is 0. The Hall–Kier alpha value is -2.13. The molecular weight excluding hydrogens is 286 g/mol. The number of nitrogens with zero attached hydrogens (tertiary/aromatic N) is 1. The largest absolute Gasteiger partial charge is 0.481 e. The van der Waals surface area contributed by atoms with Crippen LogP contribution in [0.15, 0.2) is 54.6 Å². The summed E-state index contributed by atoms with van der Waals surface area (Å²) in [6, 6.07) is 18.9. The Kier molecular flexibility index (Phi) is 4.77. The van der Waals surface area contributed by atoms with Crippen LogP contribution in [0.3, 0.4) is 0 Å². The van der Waals surface area contributed by atoms with E-state index in [-0.39, 0.29) is 5.92 Å². The zero-order chi connectivity index (χ0) is 16.2. The van der Waals surface area contributed by atoms with Crippen molar-refractivity contribution in [1.82, 2.24) is 4.90 Å². The summed E-state index contributed by atoms with van der Waals surface area (Å²) in [6.45, 7) is 4.59. The van der Waals surface area contributed by atoms with Crippen LogP contribution in [0.1, 0.15) is 18.9 Å². The van der Waals surface area contributed by atoms with E-state index in [1.807, 2.05) is 18.2 Å². The molecule has 1 heterocycles. The molecule has 0 radical (unpaired) electrons. The maximum atomic E-state index is 11.3. The monoisotopic (exact) mass is 309 g/mol. The number of piperidine rings is 1. The molecule has 1 fully saturated rings. The topological polar surface area (TPSA) is 40.5 Å². The number of benzene rings is 2. The molecule has 0 bridgehead atoms. The van der Waals surface area contributed by atoms with E-state index in [2.05, 4.69) is 48.2 Å². The summed E-state index contributed by atoms with van der Waals surface area (Å²) in [6.07, 6.45) is 0.790. The van der Waals surface area contributed by atoms with Gasteiger partial charge in [0.15, 0.2) is 0 Å². The molecule has 3 heteroatoms. The summed E-state index contributed by atoms with van der Waals surface area (Å²) >= 11 is 0. The summed E-state index contributed by atoms with van der Waals surface area (Å²) in [5.41, 5.74) is 3.67. The fourth-order valence-electron chi connectivity index (χ4n) is 3.46. The van der Waals surface area contributed by atoms with Crippen molar-refractivity contribution in [2.75, 3.05) is 13.1 Å². The molecule has 2 aromatic rings. The lowest BCUT2D eigenvalue weighted by Crippen LogP contribution is -2.41. The molecule has 3 rings (SSSR count). The van der Waals surface area contributed by atoms with E-state index >= 15 is 0 Å². The van der Waals surface area contributed by atoms with Crippen molar-refractivity contribution in [3.05, 3.63) is 60.2 Å². The highest BCUT2D eigenvalue weighted by Crippen LogP contribution is 2.24. The molecule has 0 amide bonds. The number of aliphatic carboxylic acids is 1. The molecule has 1 aliphatic heterocycles. The fourth-order valence-corrected chi connectivity index (χ4v) is 3.46. The molecule has 2 unspecified atom stereocenters. The van der Waals surface area contributed by atoms with Gasteiger partial charge in [0, 0.05) is 19.6 Å². The SMILES string of the molecule is CC1CC(C(=O)O)CN(Cc2ccc(-c3ccccc3)cc2)C1. The van der Waals surface area contributed by atoms with Crippen LogP contribution >= 0.6 is 0 Å². The van der Waals surface area contributed by atoms with Gasteiger partial charge in [-0.1, -0.05) is 61.5 Å². The van der Waals surface area contributed by atoms with Gasteiger partial charge in [0.25, 0.3) is 0 Å². The van der Waals surface area contributed by atoms with Gasteiger partial charge in [0.05, 0.1) is 5.92 Å². The molecule has 23 heavy (non-hydrogen) atoms. The molecule has 1 saturated heterocycles. The van der Waals surface area contributed by atoms with Crippen LogP contribution in [0.2, 0.25) is 0 Å². The predicted octanol–water partition coefficient (Wildman–Crippen LogP) is 3.90. The van der Waals surface area contributed by atoms with Crippen molar-refractivity contribution >= 4 is 5.97 Å². The smallest absolute Gasteiger partial charge is 0.307 e. The highest BCUT2D eigenvalue weighted by atomic mass is 16.4. The fraction of sp³-hybridized carbons (Fsp3) is 0.350. The van der Waals surface area contributed by atoms with Crippen LogP contribution in [0.5, 0.6) is 0 Å². The molecule has 0 aromatic heterocycles. The second-order valence-corrected chi connectivity index (χ2v) is 6.63. The van der Waals surface area contributed by atoms with E-state index in [1.165, 1.54) is 16.7 Å². The highest BCUT2D eigenvalue weighted by molar-refractivity contribution is 5.70. The summed E-state index contributed by atoms with van der Waals surface area (Å²) in [5, 5.41) is 9.28. The average Bonchev–Trinajstić information content (AvgIpc) is 2.56. The molecule has 3 nitrogen and oxygen atoms in total. The van der Waals surface area contributed by atoms with Crippen LogP contribution in [0, 0.1) is 11.8 Å². The lowest BCUT2D eigenvalue weighted by molar-refractivity contribution is -0.144. The summed E-state index contributed by atoms with van der Waals surface area (Å²) in [7, 11) is 0. The Bertz CT molecular complexity index is 651. The molecule has 0 aliphatic carbocycles. The number of carboxylic acid groups (broad SMARTS) is 1. The minimum absolute atomic E-state index is 0.234. The van der Waals surface area contributed by atoms with Gasteiger partial charge in [-0.2, -0.15) is 0 Å². The van der Waals surface area contributed by atoms with Crippen molar-refractivity contribution < 1.29 is 9.90 Å². The van der Waals surface area contributed by atoms with Gasteiger partial charge in [-0.3, -0.25) is 9.69 Å². The highest BCUT2D eigenvalue weighted by Gasteiger charge is 2.29. The number of likely N-dealkylation sites (tertiary alicyclic amines) is 1. The number of rotatable bonds is 4. The van der Waals surface area contributed by atoms with Gasteiger partial charge in [-0.15, -0.1) is 0 Å². The molecule has 1 aliphatic rings. The Morgan fingerprint density at radius 1 is 1.04 bits per heavy atom. The van der Waals surface area contributed by atoms with Crippen molar-refractivity contribution in [2.24, 2.45) is 11.8 Å². The van der Waals surface area contributed by atoms with E-state index < -0.39 is 5.97 Å². The summed E-state index contributed by atoms with van der Waals surface area (Å²) in [5.74, 6) is -0.461. The van der Waals surface area contributed by atoms with Crippen molar-refractivity contribution in [3.63, 3.8) is 0 Å². The first-order valence-electron chi connectivity index (χ1n) is 8.21. The van der Waals surface area contributed by atoms with E-state index in [0.29, 0.717) is 12.5 Å². The molecule has 2 aromatic carbocycles. The average molecular weight is 309 g/mol. The second-order valence-electron chi connectivity index (χ2n) is 6.63. The van der Waals surface area contributed by atoms with Gasteiger partial charge >= 0.3 is 5.97 Å². The van der Waals surface area contributed by atoms with Crippen molar-refractivity contribution in [1.29, 1.82) is 0 Å². The van der Waals surface area contributed by atoms with E-state index in [0.717, 1.165) is 19.5 Å². The van der Waals surface area contributed by atoms with Crippen molar-refractivity contribution in [2.45, 2.75) is 19.9 Å². The maximum Gasteiger partial charge on any atom is 0.307 e. The molecular formula is C20H23NO2. The first-order chi connectivity index (χ1) is 11.1. The van der Waals surface area contributed by atoms with Gasteiger partial charge in [0.1, 0.15) is 0 Å². The minimum Gasteiger partial charge on any atom is -0.481 e. The molecule has 0 spiro atoms. The van der Waals surface area contributed by atoms with Crippen molar-refractivity contribution in [3.8, 4) is 11.1 Å². The summed E-state index contributed by atoms with van der Waals surface area (Å²) in [4.78, 5) is 13.5. The third-order valence-electron chi connectivity index (χ3n) is 4.55. The van der Waals surface area contributed by atoms with Gasteiger partial charge in [-0.25, -0.2) is 0 Å². The van der Waals surface area contributed by atoms with Gasteiger partial charge < -0.3 is 5.11 Å². The number of hydrogen-bond acceptors (Lipinski definition) is 2. The Labute approximate surface area is 137 Å². The zero-order valence-electron chi connectivity index (χ0n) is 13.5. The number of carbonyl (C=O) groups is 1. The Balaban J connectivity index is 1.67. The lowest BCUT2D eigenvalue weighted by Gasteiger charge is -2.34. The number of hydrogen-bond donors (Lipinski definition) is 1.